The number of fused-ring (bicyclic) bond motifs is 10. The molecule has 2 aromatic heterocycles. The Labute approximate surface area is 164 Å². The molecule has 2 amide bonds. The van der Waals surface area contributed by atoms with Crippen LogP contribution >= 0.6 is 0 Å². The number of phenols is 2. The number of benzene rings is 2. The summed E-state index contributed by atoms with van der Waals surface area (Å²) in [4.78, 5) is 30.8. The van der Waals surface area contributed by atoms with Crippen molar-refractivity contribution in [3.8, 4) is 22.9 Å². The molecule has 29 heavy (non-hydrogen) atoms. The predicted octanol–water partition coefficient (Wildman–Crippen LogP) is 2.92. The van der Waals surface area contributed by atoms with Gasteiger partial charge < -0.3 is 19.8 Å². The molecule has 0 saturated carbocycles. The zero-order valence-corrected chi connectivity index (χ0v) is 15.7. The first-order chi connectivity index (χ1) is 13.9. The second kappa shape index (κ2) is 5.00. The summed E-state index contributed by atoms with van der Waals surface area (Å²) in [7, 11) is 3.40. The molecule has 1 aliphatic carbocycles. The molecule has 3 N–H and O–H groups in total. The Morgan fingerprint density at radius 2 is 1.66 bits per heavy atom. The lowest BCUT2D eigenvalue weighted by Gasteiger charge is -2.24. The number of nitrogens with one attached hydrogen (secondary N) is 1. The summed E-state index contributed by atoms with van der Waals surface area (Å²) in [6.45, 7) is 0. The van der Waals surface area contributed by atoms with E-state index in [9.17, 15) is 19.8 Å². The van der Waals surface area contributed by atoms with Crippen LogP contribution in [0, 0.1) is 0 Å². The van der Waals surface area contributed by atoms with E-state index in [1.54, 1.807) is 30.3 Å². The van der Waals surface area contributed by atoms with Crippen molar-refractivity contribution >= 4 is 33.6 Å². The number of likely N-dealkylation sites (N-methyl/N-ethyl adjacent to an activating group) is 1. The molecule has 7 heteroatoms. The molecular formula is C22H17N3O4. The second-order valence-electron chi connectivity index (χ2n) is 7.83. The molecule has 0 bridgehead atoms. The Kier molecular flexibility index (Phi) is 2.80. The zero-order chi connectivity index (χ0) is 20.2. The molecule has 0 spiro atoms. The number of aromatic hydroxyl groups is 2. The molecule has 1 fully saturated rings. The van der Waals surface area contributed by atoms with E-state index < -0.39 is 11.8 Å². The van der Waals surface area contributed by atoms with Crippen LogP contribution in [0.15, 0.2) is 36.4 Å². The number of rotatable bonds is 0. The Morgan fingerprint density at radius 3 is 2.41 bits per heavy atom. The highest BCUT2D eigenvalue weighted by Gasteiger charge is 2.54. The van der Waals surface area contributed by atoms with E-state index in [1.807, 2.05) is 17.7 Å². The van der Waals surface area contributed by atoms with E-state index in [2.05, 4.69) is 4.98 Å². The van der Waals surface area contributed by atoms with Crippen LogP contribution in [-0.2, 0) is 16.6 Å². The number of imide groups is 1. The molecule has 0 radical (unpaired) electrons. The summed E-state index contributed by atoms with van der Waals surface area (Å²) in [6.07, 6.45) is 0. The molecule has 144 valence electrons. The summed E-state index contributed by atoms with van der Waals surface area (Å²) in [6, 6.07) is 10.2. The van der Waals surface area contributed by atoms with Crippen molar-refractivity contribution in [1.29, 1.82) is 0 Å². The van der Waals surface area contributed by atoms with Gasteiger partial charge in [0, 0.05) is 42.1 Å². The van der Waals surface area contributed by atoms with Crippen LogP contribution in [0.5, 0.6) is 11.5 Å². The number of hydrogen-bond donors (Lipinski definition) is 3. The van der Waals surface area contributed by atoms with Gasteiger partial charge >= 0.3 is 0 Å². The van der Waals surface area contributed by atoms with E-state index in [-0.39, 0.29) is 23.3 Å². The average Bonchev–Trinajstić information content (AvgIpc) is 3.29. The number of H-pyrrole nitrogens is 1. The van der Waals surface area contributed by atoms with E-state index in [0.717, 1.165) is 38.8 Å². The number of phenolic OH excluding ortho intramolecular Hbond substituents is 2. The maximum atomic E-state index is 13.2. The number of nitrogens with zero attached hydrogens (tertiary/aromatic N) is 2. The number of aryl methyl sites for hydroxylation is 1. The molecule has 3 heterocycles. The Morgan fingerprint density at radius 1 is 0.931 bits per heavy atom. The molecular weight excluding hydrogens is 370 g/mol. The number of hydrogen-bond acceptors (Lipinski definition) is 4. The van der Waals surface area contributed by atoms with Crippen molar-refractivity contribution in [3.63, 3.8) is 0 Å². The zero-order valence-electron chi connectivity index (χ0n) is 15.7. The fraction of sp³-hybridized carbons (Fsp3) is 0.182. The van der Waals surface area contributed by atoms with Crippen molar-refractivity contribution in [2.24, 2.45) is 7.05 Å². The maximum Gasteiger partial charge on any atom is 0.237 e. The van der Waals surface area contributed by atoms with Crippen LogP contribution in [0.25, 0.3) is 33.2 Å². The summed E-state index contributed by atoms with van der Waals surface area (Å²) in [5.41, 5.74) is 4.38. The SMILES string of the molecule is CN1C(=O)C2c3c([nH]c4c(O)cccc34)-c3c(c4ccc(O)cc4n3C)C2C1=O. The third-order valence-corrected chi connectivity index (χ3v) is 6.46. The topological polar surface area (TPSA) is 98.6 Å². The van der Waals surface area contributed by atoms with E-state index in [4.69, 9.17) is 0 Å². The van der Waals surface area contributed by atoms with E-state index in [0.29, 0.717) is 5.52 Å². The van der Waals surface area contributed by atoms with Gasteiger partial charge in [0.15, 0.2) is 0 Å². The van der Waals surface area contributed by atoms with Gasteiger partial charge in [0.1, 0.15) is 11.5 Å². The van der Waals surface area contributed by atoms with Crippen molar-refractivity contribution in [2.75, 3.05) is 7.05 Å². The minimum absolute atomic E-state index is 0.0940. The average molecular weight is 387 g/mol. The lowest BCUT2D eigenvalue weighted by atomic mass is 9.76. The monoisotopic (exact) mass is 387 g/mol. The van der Waals surface area contributed by atoms with Crippen LogP contribution in [-0.4, -0.2) is 43.5 Å². The number of amides is 2. The van der Waals surface area contributed by atoms with Crippen LogP contribution in [0.2, 0.25) is 0 Å². The molecule has 1 aliphatic heterocycles. The highest BCUT2D eigenvalue weighted by molar-refractivity contribution is 6.17. The fourth-order valence-electron chi connectivity index (χ4n) is 5.20. The summed E-state index contributed by atoms with van der Waals surface area (Å²) in [5.74, 6) is -1.53. The number of carbonyl (C=O) groups excluding carboxylic acids is 2. The van der Waals surface area contributed by atoms with Gasteiger partial charge in [0.05, 0.1) is 34.3 Å². The van der Waals surface area contributed by atoms with Crippen LogP contribution < -0.4 is 0 Å². The molecule has 7 nitrogen and oxygen atoms in total. The first kappa shape index (κ1) is 16.2. The molecule has 6 rings (SSSR count). The smallest absolute Gasteiger partial charge is 0.237 e. The number of aromatic nitrogens is 2. The van der Waals surface area contributed by atoms with Crippen LogP contribution in [0.3, 0.4) is 0 Å². The summed E-state index contributed by atoms with van der Waals surface area (Å²) >= 11 is 0. The lowest BCUT2D eigenvalue weighted by molar-refractivity contribution is -0.137. The van der Waals surface area contributed by atoms with Crippen molar-refractivity contribution in [1.82, 2.24) is 14.5 Å². The van der Waals surface area contributed by atoms with Gasteiger partial charge in [-0.15, -0.1) is 0 Å². The number of aromatic amines is 1. The van der Waals surface area contributed by atoms with Gasteiger partial charge in [0.25, 0.3) is 0 Å². The molecule has 2 aliphatic rings. The lowest BCUT2D eigenvalue weighted by Crippen LogP contribution is -2.25. The van der Waals surface area contributed by atoms with Crippen LogP contribution in [0.4, 0.5) is 0 Å². The van der Waals surface area contributed by atoms with Crippen LogP contribution in [0.1, 0.15) is 23.0 Å². The third kappa shape index (κ3) is 1.73. The fourth-order valence-corrected chi connectivity index (χ4v) is 5.20. The molecule has 1 saturated heterocycles. The van der Waals surface area contributed by atoms with Crippen molar-refractivity contribution in [2.45, 2.75) is 11.8 Å². The normalized spacial score (nSPS) is 20.4. The quantitative estimate of drug-likeness (QED) is 0.404. The second-order valence-corrected chi connectivity index (χ2v) is 7.83. The minimum Gasteiger partial charge on any atom is -0.508 e. The maximum absolute atomic E-state index is 13.2. The van der Waals surface area contributed by atoms with E-state index >= 15 is 0 Å². The van der Waals surface area contributed by atoms with Gasteiger partial charge in [-0.3, -0.25) is 14.5 Å². The highest BCUT2D eigenvalue weighted by Crippen LogP contribution is 2.56. The Balaban J connectivity index is 1.84. The van der Waals surface area contributed by atoms with Crippen molar-refractivity contribution in [3.05, 3.63) is 47.5 Å². The summed E-state index contributed by atoms with van der Waals surface area (Å²) < 4.78 is 1.93. The Bertz CT molecular complexity index is 1410. The Hall–Kier alpha value is -3.74. The highest BCUT2D eigenvalue weighted by atomic mass is 16.3. The molecule has 4 aromatic rings. The third-order valence-electron chi connectivity index (χ3n) is 6.46. The van der Waals surface area contributed by atoms with Gasteiger partial charge in [-0.05, 0) is 18.2 Å². The van der Waals surface area contributed by atoms with Gasteiger partial charge in [0.2, 0.25) is 11.8 Å². The largest absolute Gasteiger partial charge is 0.508 e. The standard InChI is InChI=1S/C22H17N3O4/c1-24-12-8-9(26)6-7-10(12)15-17-16(21(28)25(2)22(17)29)14-11-4-3-5-13(27)18(11)23-19(14)20(15)24/h3-8,16-17,23,26-27H,1-2H3. The van der Waals surface area contributed by atoms with Gasteiger partial charge in [-0.25, -0.2) is 0 Å². The van der Waals surface area contributed by atoms with E-state index in [1.165, 1.54) is 11.9 Å². The first-order valence-corrected chi connectivity index (χ1v) is 9.36. The predicted molar refractivity (Wildman–Crippen MR) is 107 cm³/mol. The molecule has 2 aromatic carbocycles. The summed E-state index contributed by atoms with van der Waals surface area (Å²) in [5, 5.41) is 22.0. The molecule has 2 atom stereocenters. The first-order valence-electron chi connectivity index (χ1n) is 9.36. The number of carbonyl (C=O) groups is 2. The van der Waals surface area contributed by atoms with Gasteiger partial charge in [-0.1, -0.05) is 12.1 Å². The molecule has 2 unspecified atom stereocenters. The van der Waals surface area contributed by atoms with Crippen molar-refractivity contribution < 1.29 is 19.8 Å². The van der Waals surface area contributed by atoms with Gasteiger partial charge in [-0.2, -0.15) is 0 Å². The number of para-hydroxylation sites is 1. The number of likely N-dealkylation sites (tertiary alicyclic amines) is 1. The minimum atomic E-state index is -0.648.